The second-order valence-corrected chi connectivity index (χ2v) is 10.8. The number of aromatic nitrogens is 1. The highest BCUT2D eigenvalue weighted by Gasteiger charge is 2.34. The maximum atomic E-state index is 13.9. The van der Waals surface area contributed by atoms with Gasteiger partial charge < -0.3 is 15.4 Å². The molecule has 1 aliphatic carbocycles. The smallest absolute Gasteiger partial charge is 0.416 e. The van der Waals surface area contributed by atoms with Gasteiger partial charge in [-0.3, -0.25) is 19.7 Å². The monoisotopic (exact) mass is 579 g/mol. The molecule has 10 heteroatoms. The molecule has 1 atom stereocenters. The van der Waals surface area contributed by atoms with Gasteiger partial charge in [-0.2, -0.15) is 13.2 Å². The van der Waals surface area contributed by atoms with E-state index >= 15 is 0 Å². The Morgan fingerprint density at radius 2 is 1.86 bits per heavy atom. The number of anilines is 1. The molecule has 7 nitrogen and oxygen atoms in total. The molecule has 222 valence electrons. The minimum atomic E-state index is -4.49. The van der Waals surface area contributed by atoms with Crippen molar-refractivity contribution in [3.8, 4) is 11.5 Å². The normalized spacial score (nSPS) is 18.5. The van der Waals surface area contributed by atoms with Crippen LogP contribution in [-0.4, -0.2) is 47.8 Å². The first kappa shape index (κ1) is 29.6. The largest absolute Gasteiger partial charge is 0.457 e. The Balaban J connectivity index is 0.00000353. The van der Waals surface area contributed by atoms with Crippen LogP contribution < -0.4 is 15.4 Å². The number of amides is 1. The number of pyridine rings is 1. The Labute approximate surface area is 244 Å². The zero-order valence-corrected chi connectivity index (χ0v) is 22.6. The van der Waals surface area contributed by atoms with E-state index in [4.69, 9.17) is 4.74 Å². The molecule has 2 N–H and O–H groups in total. The number of carbonyl (C=O) groups excluding carboxylic acids is 1. The van der Waals surface area contributed by atoms with Gasteiger partial charge >= 0.3 is 6.18 Å². The number of hydrogen-bond donors (Lipinski definition) is 2. The minimum absolute atomic E-state index is 0. The van der Waals surface area contributed by atoms with Crippen molar-refractivity contribution in [2.24, 2.45) is 10.9 Å². The molecule has 1 aromatic heterocycles. The van der Waals surface area contributed by atoms with Crippen molar-refractivity contribution in [3.63, 3.8) is 0 Å². The highest BCUT2D eigenvalue weighted by atomic mass is 19.4. The van der Waals surface area contributed by atoms with Crippen LogP contribution in [0.3, 0.4) is 0 Å². The van der Waals surface area contributed by atoms with Gasteiger partial charge in [0.2, 0.25) is 5.91 Å². The van der Waals surface area contributed by atoms with Gasteiger partial charge in [0.15, 0.2) is 0 Å². The van der Waals surface area contributed by atoms with Crippen LogP contribution in [-0.2, 0) is 30.4 Å². The molecule has 1 saturated heterocycles. The molecule has 2 aliphatic heterocycles. The second-order valence-electron chi connectivity index (χ2n) is 10.8. The third kappa shape index (κ3) is 6.75. The number of likely N-dealkylation sites (tertiary alicyclic amines) is 1. The van der Waals surface area contributed by atoms with E-state index in [-0.39, 0.29) is 37.0 Å². The van der Waals surface area contributed by atoms with Crippen LogP contribution in [0.4, 0.5) is 18.9 Å². The number of amidine groups is 1. The first-order valence-electron chi connectivity index (χ1n) is 14.1. The summed E-state index contributed by atoms with van der Waals surface area (Å²) >= 11 is 0. The Morgan fingerprint density at radius 1 is 1.05 bits per heavy atom. The maximum absolute atomic E-state index is 13.9. The summed E-state index contributed by atoms with van der Waals surface area (Å²) in [5.41, 5.74) is 2.59. The van der Waals surface area contributed by atoms with Crippen LogP contribution in [0, 0.1) is 5.92 Å². The molecular formula is C32H36F3N5O2. The van der Waals surface area contributed by atoms with Crippen molar-refractivity contribution in [1.82, 2.24) is 15.2 Å². The summed E-state index contributed by atoms with van der Waals surface area (Å²) in [6.07, 6.45) is 1.02. The molecule has 6 rings (SSSR count). The first-order chi connectivity index (χ1) is 19.8. The van der Waals surface area contributed by atoms with Crippen LogP contribution in [0.5, 0.6) is 11.5 Å². The van der Waals surface area contributed by atoms with Gasteiger partial charge in [0.1, 0.15) is 23.0 Å². The number of aryl methyl sites for hydroxylation is 1. The molecule has 0 bridgehead atoms. The number of nitrogens with one attached hydrogen (secondary N) is 2. The lowest BCUT2D eigenvalue weighted by molar-refractivity contribution is -0.138. The summed E-state index contributed by atoms with van der Waals surface area (Å²) in [7, 11) is 0. The molecule has 1 fully saturated rings. The number of halogens is 3. The van der Waals surface area contributed by atoms with E-state index in [9.17, 15) is 18.0 Å². The van der Waals surface area contributed by atoms with E-state index in [0.717, 1.165) is 62.0 Å². The predicted molar refractivity (Wildman–Crippen MR) is 157 cm³/mol. The van der Waals surface area contributed by atoms with Crippen LogP contribution in [0.2, 0.25) is 0 Å². The summed E-state index contributed by atoms with van der Waals surface area (Å²) in [4.78, 5) is 24.0. The predicted octanol–water partition coefficient (Wildman–Crippen LogP) is 6.22. The minimum Gasteiger partial charge on any atom is -0.457 e. The standard InChI is InChI=1S/C31H32F3N5O2.CH4/c32-31(33,34)27-17-24(7-5-22(27)19-39-13-1-2-14-39)38-30(40)21-4-3-20-6-8-25(16-23(20)15-21)41-26-9-10-35-28(18-26)29-36-11-12-37-29;/h5-10,16-18,21H,1-4,11-15,19H2,(H,36,37)(H,38,40);1H4. The maximum Gasteiger partial charge on any atom is 0.416 e. The van der Waals surface area contributed by atoms with Gasteiger partial charge in [-0.15, -0.1) is 0 Å². The summed E-state index contributed by atoms with van der Waals surface area (Å²) in [5, 5.41) is 5.96. The molecule has 0 saturated carbocycles. The molecule has 0 spiro atoms. The number of rotatable bonds is 7. The van der Waals surface area contributed by atoms with Crippen molar-refractivity contribution < 1.29 is 22.7 Å². The van der Waals surface area contributed by atoms with Crippen molar-refractivity contribution in [1.29, 1.82) is 0 Å². The number of nitrogens with zero attached hydrogens (tertiary/aromatic N) is 3. The fraction of sp³-hybridized carbons (Fsp3) is 0.406. The van der Waals surface area contributed by atoms with Crippen LogP contribution in [0.25, 0.3) is 0 Å². The zero-order chi connectivity index (χ0) is 28.4. The summed E-state index contributed by atoms with van der Waals surface area (Å²) in [6, 6.07) is 13.6. The third-order valence-corrected chi connectivity index (χ3v) is 7.94. The lowest BCUT2D eigenvalue weighted by Crippen LogP contribution is -2.28. The molecule has 0 radical (unpaired) electrons. The van der Waals surface area contributed by atoms with Gasteiger partial charge in [-0.1, -0.05) is 19.6 Å². The van der Waals surface area contributed by atoms with Crippen molar-refractivity contribution in [2.75, 3.05) is 31.5 Å². The number of benzene rings is 2. The van der Waals surface area contributed by atoms with Crippen LogP contribution in [0.1, 0.15) is 54.6 Å². The Bertz CT molecular complexity index is 1470. The number of carbonyl (C=O) groups is 1. The van der Waals surface area contributed by atoms with E-state index < -0.39 is 11.7 Å². The summed E-state index contributed by atoms with van der Waals surface area (Å²) in [6.45, 7) is 3.38. The fourth-order valence-electron chi connectivity index (χ4n) is 5.81. The average molecular weight is 580 g/mol. The quantitative estimate of drug-likeness (QED) is 0.348. The SMILES string of the molecule is C.O=C(Nc1ccc(CN2CCCC2)c(C(F)(F)F)c1)C1CCc2ccc(Oc3ccnc(C4=NCCN4)c3)cc2C1. The third-order valence-electron chi connectivity index (χ3n) is 7.94. The lowest BCUT2D eigenvalue weighted by Gasteiger charge is -2.25. The molecule has 1 unspecified atom stereocenters. The first-order valence-corrected chi connectivity index (χ1v) is 14.1. The average Bonchev–Trinajstić information content (AvgIpc) is 3.68. The van der Waals surface area contributed by atoms with E-state index in [1.165, 1.54) is 6.07 Å². The Hall–Kier alpha value is -3.92. The fourth-order valence-corrected chi connectivity index (χ4v) is 5.81. The van der Waals surface area contributed by atoms with E-state index in [1.807, 2.05) is 29.2 Å². The van der Waals surface area contributed by atoms with Gasteiger partial charge in [0.05, 0.1) is 12.1 Å². The van der Waals surface area contributed by atoms with Crippen molar-refractivity contribution in [2.45, 2.75) is 52.3 Å². The summed E-state index contributed by atoms with van der Waals surface area (Å²) in [5.74, 6) is 1.40. The van der Waals surface area contributed by atoms with Gasteiger partial charge in [-0.25, -0.2) is 0 Å². The molecule has 42 heavy (non-hydrogen) atoms. The Morgan fingerprint density at radius 3 is 2.62 bits per heavy atom. The molecule has 2 aromatic carbocycles. The van der Waals surface area contributed by atoms with E-state index in [1.54, 1.807) is 18.3 Å². The number of alkyl halides is 3. The molecule has 3 aliphatic rings. The van der Waals surface area contributed by atoms with Crippen molar-refractivity contribution >= 4 is 17.4 Å². The highest BCUT2D eigenvalue weighted by Crippen LogP contribution is 2.36. The summed E-state index contributed by atoms with van der Waals surface area (Å²) < 4.78 is 47.8. The van der Waals surface area contributed by atoms with Crippen LogP contribution >= 0.6 is 0 Å². The lowest BCUT2D eigenvalue weighted by atomic mass is 9.83. The zero-order valence-electron chi connectivity index (χ0n) is 22.6. The Kier molecular flexibility index (Phi) is 8.82. The molecule has 3 aromatic rings. The second kappa shape index (κ2) is 12.5. The van der Waals surface area contributed by atoms with E-state index in [2.05, 4.69) is 20.6 Å². The number of hydrogen-bond acceptors (Lipinski definition) is 6. The number of fused-ring (bicyclic) bond motifs is 1. The topological polar surface area (TPSA) is 78.9 Å². The molecular weight excluding hydrogens is 543 g/mol. The number of ether oxygens (including phenoxy) is 1. The van der Waals surface area contributed by atoms with Gasteiger partial charge in [0.25, 0.3) is 0 Å². The molecule has 3 heterocycles. The van der Waals surface area contributed by atoms with Crippen LogP contribution in [0.15, 0.2) is 59.7 Å². The van der Waals surface area contributed by atoms with Crippen molar-refractivity contribution in [3.05, 3.63) is 82.7 Å². The van der Waals surface area contributed by atoms with E-state index in [0.29, 0.717) is 36.5 Å². The highest BCUT2D eigenvalue weighted by molar-refractivity contribution is 5.98. The van der Waals surface area contributed by atoms with Gasteiger partial charge in [-0.05, 0) is 92.2 Å². The molecule has 1 amide bonds. The number of aliphatic imine (C=N–C) groups is 1. The van der Waals surface area contributed by atoms with Gasteiger partial charge in [0, 0.05) is 37.0 Å².